The normalized spacial score (nSPS) is 12.3. The lowest BCUT2D eigenvalue weighted by molar-refractivity contribution is -0.151. The summed E-state index contributed by atoms with van der Waals surface area (Å²) in [6, 6.07) is 5.08. The second-order valence-electron chi connectivity index (χ2n) is 7.40. The van der Waals surface area contributed by atoms with Gasteiger partial charge in [-0.3, -0.25) is 19.2 Å². The zero-order valence-corrected chi connectivity index (χ0v) is 18.4. The minimum absolute atomic E-state index is 0.107. The van der Waals surface area contributed by atoms with Gasteiger partial charge in [0.25, 0.3) is 0 Å². The fraction of sp³-hybridized carbons (Fsp3) is 0.500. The second-order valence-corrected chi connectivity index (χ2v) is 7.40. The van der Waals surface area contributed by atoms with Gasteiger partial charge in [0.2, 0.25) is 17.9 Å². The van der Waals surface area contributed by atoms with Crippen LogP contribution in [-0.4, -0.2) is 63.7 Å². The standard InChI is InChI=1S/C22H30N2O9/c1-2-3-4-11-23-21(30)16(24-18(25)9-10-19(26)27)12-14-5-7-15(8-6-14)33-17(22(31)32)13-20(28)29/h5-8,16-17H,2-4,9-13H2,1H3,(H,23,30)(H,24,25)(H,26,27)(H,28,29)(H,31,32)/t16?,17-/m0/s1. The van der Waals surface area contributed by atoms with E-state index in [0.717, 1.165) is 19.3 Å². The summed E-state index contributed by atoms with van der Waals surface area (Å²) >= 11 is 0. The van der Waals surface area contributed by atoms with Crippen molar-refractivity contribution in [2.75, 3.05) is 6.54 Å². The number of amides is 2. The number of carboxylic acids is 3. The fourth-order valence-corrected chi connectivity index (χ4v) is 2.85. The van der Waals surface area contributed by atoms with Gasteiger partial charge in [0.15, 0.2) is 0 Å². The van der Waals surface area contributed by atoms with Crippen molar-refractivity contribution in [2.45, 2.75) is 64.0 Å². The van der Waals surface area contributed by atoms with E-state index in [9.17, 15) is 24.0 Å². The van der Waals surface area contributed by atoms with Gasteiger partial charge in [-0.25, -0.2) is 4.79 Å². The van der Waals surface area contributed by atoms with Crippen molar-refractivity contribution in [2.24, 2.45) is 0 Å². The summed E-state index contributed by atoms with van der Waals surface area (Å²) in [5.41, 5.74) is 0.625. The van der Waals surface area contributed by atoms with E-state index < -0.39 is 48.3 Å². The number of hydrogen-bond acceptors (Lipinski definition) is 6. The van der Waals surface area contributed by atoms with Crippen LogP contribution in [0.3, 0.4) is 0 Å². The summed E-state index contributed by atoms with van der Waals surface area (Å²) in [4.78, 5) is 57.3. The molecule has 1 aromatic carbocycles. The van der Waals surface area contributed by atoms with Crippen molar-refractivity contribution < 1.29 is 44.0 Å². The van der Waals surface area contributed by atoms with Crippen molar-refractivity contribution in [1.29, 1.82) is 0 Å². The van der Waals surface area contributed by atoms with Crippen LogP contribution in [-0.2, 0) is 30.4 Å². The van der Waals surface area contributed by atoms with Crippen molar-refractivity contribution in [3.05, 3.63) is 29.8 Å². The predicted octanol–water partition coefficient (Wildman–Crippen LogP) is 1.19. The Balaban J connectivity index is 2.84. The largest absolute Gasteiger partial charge is 0.481 e. The molecule has 2 amide bonds. The quantitative estimate of drug-likeness (QED) is 0.224. The molecule has 1 aromatic rings. The number of aliphatic carboxylic acids is 3. The smallest absolute Gasteiger partial charge is 0.345 e. The van der Waals surface area contributed by atoms with E-state index in [1.54, 1.807) is 12.1 Å². The Kier molecular flexibility index (Phi) is 12.0. The minimum Gasteiger partial charge on any atom is -0.481 e. The van der Waals surface area contributed by atoms with Crippen molar-refractivity contribution >= 4 is 29.7 Å². The molecule has 0 aliphatic carbocycles. The first kappa shape index (κ1) is 27.4. The average molecular weight is 466 g/mol. The molecule has 1 rings (SSSR count). The van der Waals surface area contributed by atoms with Gasteiger partial charge in [-0.2, -0.15) is 0 Å². The van der Waals surface area contributed by atoms with Crippen molar-refractivity contribution in [1.82, 2.24) is 10.6 Å². The molecule has 0 radical (unpaired) electrons. The molecule has 0 fully saturated rings. The molecule has 0 spiro atoms. The Labute approximate surface area is 191 Å². The molecular weight excluding hydrogens is 436 g/mol. The van der Waals surface area contributed by atoms with Crippen molar-refractivity contribution in [3.63, 3.8) is 0 Å². The second kappa shape index (κ2) is 14.4. The van der Waals surface area contributed by atoms with Crippen LogP contribution in [0.1, 0.15) is 51.0 Å². The Hall–Kier alpha value is -3.63. The number of benzene rings is 1. The van der Waals surface area contributed by atoms with E-state index >= 15 is 0 Å². The molecule has 33 heavy (non-hydrogen) atoms. The third kappa shape index (κ3) is 11.5. The van der Waals surface area contributed by atoms with Crippen LogP contribution in [0.2, 0.25) is 0 Å². The van der Waals surface area contributed by atoms with E-state index in [2.05, 4.69) is 10.6 Å². The summed E-state index contributed by atoms with van der Waals surface area (Å²) in [5, 5.41) is 31.9. The van der Waals surface area contributed by atoms with E-state index in [1.165, 1.54) is 12.1 Å². The molecule has 0 aliphatic rings. The molecule has 0 saturated heterocycles. The molecule has 1 unspecified atom stereocenters. The van der Waals surface area contributed by atoms with Gasteiger partial charge in [-0.15, -0.1) is 0 Å². The fourth-order valence-electron chi connectivity index (χ4n) is 2.85. The lowest BCUT2D eigenvalue weighted by Crippen LogP contribution is -2.48. The molecule has 0 saturated carbocycles. The number of unbranched alkanes of at least 4 members (excludes halogenated alkanes) is 2. The van der Waals surface area contributed by atoms with Gasteiger partial charge in [-0.1, -0.05) is 31.9 Å². The number of rotatable bonds is 16. The number of carbonyl (C=O) groups excluding carboxylic acids is 2. The number of carbonyl (C=O) groups is 5. The van der Waals surface area contributed by atoms with Crippen LogP contribution in [0, 0.1) is 0 Å². The van der Waals surface area contributed by atoms with Gasteiger partial charge in [0, 0.05) is 19.4 Å². The third-order valence-corrected chi connectivity index (χ3v) is 4.57. The lowest BCUT2D eigenvalue weighted by Gasteiger charge is -2.19. The minimum atomic E-state index is -1.55. The summed E-state index contributed by atoms with van der Waals surface area (Å²) in [7, 11) is 0. The maximum absolute atomic E-state index is 12.6. The predicted molar refractivity (Wildman–Crippen MR) is 116 cm³/mol. The van der Waals surface area contributed by atoms with E-state index in [4.69, 9.17) is 20.1 Å². The van der Waals surface area contributed by atoms with E-state index in [-0.39, 0.29) is 25.0 Å². The van der Waals surface area contributed by atoms with Crippen LogP contribution in [0.15, 0.2) is 24.3 Å². The highest BCUT2D eigenvalue weighted by Crippen LogP contribution is 2.17. The SMILES string of the molecule is CCCCCNC(=O)C(Cc1ccc(O[C@@H](CC(=O)O)C(=O)O)cc1)NC(=O)CCC(=O)O. The summed E-state index contributed by atoms with van der Waals surface area (Å²) in [6.45, 7) is 2.47. The third-order valence-electron chi connectivity index (χ3n) is 4.57. The zero-order valence-electron chi connectivity index (χ0n) is 18.4. The Morgan fingerprint density at radius 2 is 1.61 bits per heavy atom. The Morgan fingerprint density at radius 3 is 2.15 bits per heavy atom. The Morgan fingerprint density at radius 1 is 0.939 bits per heavy atom. The van der Waals surface area contributed by atoms with Crippen LogP contribution in [0.4, 0.5) is 0 Å². The van der Waals surface area contributed by atoms with Crippen LogP contribution >= 0.6 is 0 Å². The van der Waals surface area contributed by atoms with Gasteiger partial charge in [0.1, 0.15) is 11.8 Å². The van der Waals surface area contributed by atoms with Gasteiger partial charge in [0.05, 0.1) is 12.8 Å². The number of nitrogens with one attached hydrogen (secondary N) is 2. The Bertz CT molecular complexity index is 824. The maximum Gasteiger partial charge on any atom is 0.345 e. The highest BCUT2D eigenvalue weighted by atomic mass is 16.5. The highest BCUT2D eigenvalue weighted by Gasteiger charge is 2.24. The van der Waals surface area contributed by atoms with Gasteiger partial charge < -0.3 is 30.7 Å². The molecule has 5 N–H and O–H groups in total. The van der Waals surface area contributed by atoms with Gasteiger partial charge in [-0.05, 0) is 24.1 Å². The number of carboxylic acid groups (broad SMARTS) is 3. The molecule has 0 aromatic heterocycles. The summed E-state index contributed by atoms with van der Waals surface area (Å²) in [6.07, 6.45) is -0.0641. The van der Waals surface area contributed by atoms with Crippen molar-refractivity contribution in [3.8, 4) is 5.75 Å². The summed E-state index contributed by atoms with van der Waals surface area (Å²) < 4.78 is 5.20. The molecule has 182 valence electrons. The van der Waals surface area contributed by atoms with Crippen LogP contribution in [0.25, 0.3) is 0 Å². The van der Waals surface area contributed by atoms with Crippen LogP contribution in [0.5, 0.6) is 5.75 Å². The van der Waals surface area contributed by atoms with E-state index in [0.29, 0.717) is 12.1 Å². The highest BCUT2D eigenvalue weighted by molar-refractivity contribution is 5.88. The molecule has 0 heterocycles. The number of hydrogen-bond donors (Lipinski definition) is 5. The van der Waals surface area contributed by atoms with Crippen LogP contribution < -0.4 is 15.4 Å². The zero-order chi connectivity index (χ0) is 24.8. The average Bonchev–Trinajstić information content (AvgIpc) is 2.75. The molecule has 0 bridgehead atoms. The molecule has 2 atom stereocenters. The van der Waals surface area contributed by atoms with Gasteiger partial charge >= 0.3 is 17.9 Å². The lowest BCUT2D eigenvalue weighted by atomic mass is 10.0. The number of ether oxygens (including phenoxy) is 1. The maximum atomic E-state index is 12.6. The first-order valence-electron chi connectivity index (χ1n) is 10.6. The molecular formula is C22H30N2O9. The topological polar surface area (TPSA) is 179 Å². The van der Waals surface area contributed by atoms with E-state index in [1.807, 2.05) is 6.92 Å². The summed E-state index contributed by atoms with van der Waals surface area (Å²) in [5.74, 6) is -4.68. The molecule has 0 aliphatic heterocycles. The monoisotopic (exact) mass is 466 g/mol. The first-order chi connectivity index (χ1) is 15.6. The molecule has 11 nitrogen and oxygen atoms in total. The molecule has 11 heteroatoms. The first-order valence-corrected chi connectivity index (χ1v) is 10.6.